The first-order valence-corrected chi connectivity index (χ1v) is 5.73. The molecule has 1 amide bonds. The lowest BCUT2D eigenvalue weighted by atomic mass is 9.74. The second-order valence-corrected chi connectivity index (χ2v) is 4.85. The number of carbonyl (C=O) groups excluding carboxylic acids is 1. The van der Waals surface area contributed by atoms with Crippen molar-refractivity contribution >= 4 is 5.91 Å². The molecule has 3 rings (SSSR count). The zero-order chi connectivity index (χ0) is 11.9. The van der Waals surface area contributed by atoms with Crippen LogP contribution < -0.4 is 10.1 Å². The Bertz CT molecular complexity index is 449. The number of aromatic nitrogens is 1. The number of hydrogen-bond acceptors (Lipinski definition) is 4. The van der Waals surface area contributed by atoms with Crippen molar-refractivity contribution in [3.63, 3.8) is 0 Å². The number of nitrogens with zero attached hydrogens (tertiary/aromatic N) is 2. The van der Waals surface area contributed by atoms with Gasteiger partial charge in [-0.05, 0) is 6.07 Å². The highest BCUT2D eigenvalue weighted by Gasteiger charge is 2.49. The highest BCUT2D eigenvalue weighted by atomic mass is 16.5. The monoisotopic (exact) mass is 233 g/mol. The van der Waals surface area contributed by atoms with E-state index in [1.807, 2.05) is 4.90 Å². The Morgan fingerprint density at radius 1 is 1.53 bits per heavy atom. The van der Waals surface area contributed by atoms with Crippen molar-refractivity contribution in [2.24, 2.45) is 5.41 Å². The van der Waals surface area contributed by atoms with E-state index in [0.717, 1.165) is 26.2 Å². The van der Waals surface area contributed by atoms with Gasteiger partial charge in [0.05, 0.1) is 7.11 Å². The molecular formula is C12H15N3O2. The topological polar surface area (TPSA) is 54.5 Å². The maximum atomic E-state index is 12.1. The number of nitrogens with one attached hydrogen (secondary N) is 1. The Morgan fingerprint density at radius 3 is 2.88 bits per heavy atom. The molecule has 17 heavy (non-hydrogen) atoms. The molecule has 0 unspecified atom stereocenters. The lowest BCUT2D eigenvalue weighted by molar-refractivity contribution is -0.0251. The molecule has 1 aromatic heterocycles. The van der Waals surface area contributed by atoms with E-state index < -0.39 is 0 Å². The molecule has 3 heterocycles. The van der Waals surface area contributed by atoms with E-state index in [4.69, 9.17) is 4.74 Å². The molecular weight excluding hydrogens is 218 g/mol. The fourth-order valence-electron chi connectivity index (χ4n) is 2.43. The molecule has 1 aromatic rings. The SMILES string of the molecule is COc1ccnc(C(=O)N2CC3(CNC3)C2)c1. The average molecular weight is 233 g/mol. The first-order valence-electron chi connectivity index (χ1n) is 5.73. The van der Waals surface area contributed by atoms with Gasteiger partial charge in [-0.15, -0.1) is 0 Å². The molecule has 2 aliphatic rings. The maximum absolute atomic E-state index is 12.1. The van der Waals surface area contributed by atoms with Crippen molar-refractivity contribution in [1.82, 2.24) is 15.2 Å². The second kappa shape index (κ2) is 3.70. The Labute approximate surface area is 99.8 Å². The summed E-state index contributed by atoms with van der Waals surface area (Å²) in [6, 6.07) is 3.43. The minimum Gasteiger partial charge on any atom is -0.497 e. The number of ether oxygens (including phenoxy) is 1. The zero-order valence-electron chi connectivity index (χ0n) is 9.77. The number of pyridine rings is 1. The van der Waals surface area contributed by atoms with Gasteiger partial charge in [0, 0.05) is 43.9 Å². The summed E-state index contributed by atoms with van der Waals surface area (Å²) in [4.78, 5) is 18.1. The molecule has 1 spiro atoms. The Hall–Kier alpha value is -1.62. The number of methoxy groups -OCH3 is 1. The molecule has 90 valence electrons. The molecule has 0 bridgehead atoms. The molecule has 2 fully saturated rings. The summed E-state index contributed by atoms with van der Waals surface area (Å²) in [5.74, 6) is 0.672. The van der Waals surface area contributed by atoms with Gasteiger partial charge in [-0.25, -0.2) is 0 Å². The summed E-state index contributed by atoms with van der Waals surface area (Å²) in [7, 11) is 1.59. The smallest absolute Gasteiger partial charge is 0.272 e. The fourth-order valence-corrected chi connectivity index (χ4v) is 2.43. The summed E-state index contributed by atoms with van der Waals surface area (Å²) in [5, 5.41) is 3.25. The van der Waals surface area contributed by atoms with Crippen molar-refractivity contribution in [3.05, 3.63) is 24.0 Å². The molecule has 0 radical (unpaired) electrons. The standard InChI is InChI=1S/C12H15N3O2/c1-17-9-2-3-14-10(4-9)11(16)15-7-12(8-15)5-13-6-12/h2-4,13H,5-8H2,1H3. The van der Waals surface area contributed by atoms with Crippen LogP contribution in [0.5, 0.6) is 5.75 Å². The predicted octanol–water partition coefficient (Wildman–Crippen LogP) is 0.136. The molecule has 5 heteroatoms. The largest absolute Gasteiger partial charge is 0.497 e. The third-order valence-corrected chi connectivity index (χ3v) is 3.53. The van der Waals surface area contributed by atoms with Crippen LogP contribution in [0, 0.1) is 5.41 Å². The van der Waals surface area contributed by atoms with Gasteiger partial charge in [0.2, 0.25) is 0 Å². The Morgan fingerprint density at radius 2 is 2.29 bits per heavy atom. The third kappa shape index (κ3) is 1.67. The van der Waals surface area contributed by atoms with Crippen molar-refractivity contribution < 1.29 is 9.53 Å². The number of carbonyl (C=O) groups is 1. The van der Waals surface area contributed by atoms with Crippen LogP contribution in [0.3, 0.4) is 0 Å². The van der Waals surface area contributed by atoms with Gasteiger partial charge in [-0.2, -0.15) is 0 Å². The van der Waals surface area contributed by atoms with E-state index in [2.05, 4.69) is 10.3 Å². The summed E-state index contributed by atoms with van der Waals surface area (Å²) < 4.78 is 5.09. The third-order valence-electron chi connectivity index (χ3n) is 3.53. The summed E-state index contributed by atoms with van der Waals surface area (Å²) in [5.41, 5.74) is 0.820. The fraction of sp³-hybridized carbons (Fsp3) is 0.500. The first-order chi connectivity index (χ1) is 8.22. The van der Waals surface area contributed by atoms with E-state index in [-0.39, 0.29) is 5.91 Å². The normalized spacial score (nSPS) is 20.6. The number of amides is 1. The molecule has 0 saturated carbocycles. The van der Waals surface area contributed by atoms with Gasteiger partial charge in [0.25, 0.3) is 5.91 Å². The van der Waals surface area contributed by atoms with Crippen LogP contribution in [-0.2, 0) is 0 Å². The average Bonchev–Trinajstić information content (AvgIpc) is 2.25. The van der Waals surface area contributed by atoms with Gasteiger partial charge in [-0.3, -0.25) is 9.78 Å². The first kappa shape index (κ1) is 10.5. The maximum Gasteiger partial charge on any atom is 0.272 e. The minimum absolute atomic E-state index is 0.00132. The lowest BCUT2D eigenvalue weighted by Crippen LogP contribution is -2.71. The molecule has 5 nitrogen and oxygen atoms in total. The van der Waals surface area contributed by atoms with Crippen LogP contribution in [0.2, 0.25) is 0 Å². The van der Waals surface area contributed by atoms with E-state index in [0.29, 0.717) is 16.9 Å². The molecule has 2 saturated heterocycles. The van der Waals surface area contributed by atoms with Crippen LogP contribution >= 0.6 is 0 Å². The van der Waals surface area contributed by atoms with Crippen LogP contribution in [0.4, 0.5) is 0 Å². The Kier molecular flexibility index (Phi) is 2.29. The van der Waals surface area contributed by atoms with E-state index >= 15 is 0 Å². The number of likely N-dealkylation sites (tertiary alicyclic amines) is 1. The predicted molar refractivity (Wildman–Crippen MR) is 62.0 cm³/mol. The van der Waals surface area contributed by atoms with Crippen LogP contribution in [0.25, 0.3) is 0 Å². The minimum atomic E-state index is 0.00132. The highest BCUT2D eigenvalue weighted by molar-refractivity contribution is 5.93. The van der Waals surface area contributed by atoms with Gasteiger partial charge in [0.1, 0.15) is 11.4 Å². The van der Waals surface area contributed by atoms with Gasteiger partial charge < -0.3 is 15.0 Å². The van der Waals surface area contributed by atoms with Crippen molar-refractivity contribution in [2.45, 2.75) is 0 Å². The quantitative estimate of drug-likeness (QED) is 0.789. The number of hydrogen-bond donors (Lipinski definition) is 1. The molecule has 1 N–H and O–H groups in total. The van der Waals surface area contributed by atoms with Crippen molar-refractivity contribution in [3.8, 4) is 5.75 Å². The Balaban J connectivity index is 1.69. The summed E-state index contributed by atoms with van der Waals surface area (Å²) in [6.45, 7) is 3.75. The highest BCUT2D eigenvalue weighted by Crippen LogP contribution is 2.34. The van der Waals surface area contributed by atoms with Crippen molar-refractivity contribution in [2.75, 3.05) is 33.3 Å². The molecule has 0 atom stereocenters. The number of rotatable bonds is 2. The van der Waals surface area contributed by atoms with E-state index in [1.54, 1.807) is 25.4 Å². The van der Waals surface area contributed by atoms with Crippen LogP contribution in [0.1, 0.15) is 10.5 Å². The molecule has 2 aliphatic heterocycles. The summed E-state index contributed by atoms with van der Waals surface area (Å²) >= 11 is 0. The van der Waals surface area contributed by atoms with Gasteiger partial charge in [0.15, 0.2) is 0 Å². The molecule has 0 aliphatic carbocycles. The lowest BCUT2D eigenvalue weighted by Gasteiger charge is -2.55. The van der Waals surface area contributed by atoms with Gasteiger partial charge >= 0.3 is 0 Å². The van der Waals surface area contributed by atoms with Gasteiger partial charge in [-0.1, -0.05) is 0 Å². The van der Waals surface area contributed by atoms with E-state index in [1.165, 1.54) is 0 Å². The van der Waals surface area contributed by atoms with Crippen LogP contribution in [-0.4, -0.2) is 49.1 Å². The second-order valence-electron chi connectivity index (χ2n) is 4.85. The zero-order valence-corrected chi connectivity index (χ0v) is 9.77. The van der Waals surface area contributed by atoms with Crippen molar-refractivity contribution in [1.29, 1.82) is 0 Å². The van der Waals surface area contributed by atoms with Crippen LogP contribution in [0.15, 0.2) is 18.3 Å². The molecule has 0 aromatic carbocycles. The van der Waals surface area contributed by atoms with E-state index in [9.17, 15) is 4.79 Å². The summed E-state index contributed by atoms with van der Waals surface area (Å²) in [6.07, 6.45) is 1.60.